The van der Waals surface area contributed by atoms with Gasteiger partial charge in [0.1, 0.15) is 0 Å². The molecule has 1 aromatic rings. The number of hydrogen-bond donors (Lipinski definition) is 2. The molecule has 0 saturated carbocycles. The Bertz CT molecular complexity index is 518. The number of anilines is 1. The molecule has 2 amide bonds. The van der Waals surface area contributed by atoms with Crippen molar-refractivity contribution in [2.24, 2.45) is 0 Å². The van der Waals surface area contributed by atoms with Crippen LogP contribution in [0.25, 0.3) is 0 Å². The fourth-order valence-electron chi connectivity index (χ4n) is 1.36. The number of halogens is 4. The van der Waals surface area contributed by atoms with E-state index in [4.69, 9.17) is 11.6 Å². The summed E-state index contributed by atoms with van der Waals surface area (Å²) in [4.78, 5) is 22.1. The quantitative estimate of drug-likeness (QED) is 0.898. The molecule has 0 unspecified atom stereocenters. The molecule has 8 heteroatoms. The van der Waals surface area contributed by atoms with Crippen molar-refractivity contribution in [3.8, 4) is 0 Å². The Balaban J connectivity index is 2.71. The zero-order valence-electron chi connectivity index (χ0n) is 10.5. The van der Waals surface area contributed by atoms with Crippen molar-refractivity contribution in [2.75, 3.05) is 11.9 Å². The molecule has 0 spiro atoms. The molecule has 0 atom stereocenters. The molecule has 0 heterocycles. The maximum absolute atomic E-state index is 12.5. The third-order valence-electron chi connectivity index (χ3n) is 2.29. The van der Waals surface area contributed by atoms with Crippen LogP contribution in [0, 0.1) is 0 Å². The molecule has 0 fully saturated rings. The first-order valence-electron chi connectivity index (χ1n) is 5.61. The van der Waals surface area contributed by atoms with Crippen LogP contribution in [-0.2, 0) is 15.8 Å². The molecule has 0 bridgehead atoms. The van der Waals surface area contributed by atoms with Crippen LogP contribution in [0.4, 0.5) is 18.9 Å². The van der Waals surface area contributed by atoms with Crippen molar-refractivity contribution in [1.82, 2.24) is 5.32 Å². The summed E-state index contributed by atoms with van der Waals surface area (Å²) in [6, 6.07) is 2.65. The summed E-state index contributed by atoms with van der Waals surface area (Å²) in [5, 5.41) is 4.68. The molecule has 4 nitrogen and oxygen atoms in total. The van der Waals surface area contributed by atoms with Crippen LogP contribution >= 0.6 is 11.6 Å². The normalized spacial score (nSPS) is 11.1. The van der Waals surface area contributed by atoms with Gasteiger partial charge in [-0.25, -0.2) is 0 Å². The lowest BCUT2D eigenvalue weighted by molar-refractivity contribution is -0.137. The summed E-state index contributed by atoms with van der Waals surface area (Å²) in [5.41, 5.74) is -1.02. The summed E-state index contributed by atoms with van der Waals surface area (Å²) in [5.74, 6) is -0.838. The largest absolute Gasteiger partial charge is 0.416 e. The summed E-state index contributed by atoms with van der Waals surface area (Å²) in [6.07, 6.45) is -4.58. The minimum atomic E-state index is -4.51. The number of carbonyl (C=O) groups is 2. The van der Waals surface area contributed by atoms with Gasteiger partial charge in [0.25, 0.3) is 0 Å². The Kier molecular flexibility index (Phi) is 5.38. The van der Waals surface area contributed by atoms with Crippen molar-refractivity contribution in [3.63, 3.8) is 0 Å². The minimum Gasteiger partial charge on any atom is -0.356 e. The van der Waals surface area contributed by atoms with E-state index in [1.165, 1.54) is 6.92 Å². The highest BCUT2D eigenvalue weighted by molar-refractivity contribution is 6.33. The zero-order valence-corrected chi connectivity index (χ0v) is 11.2. The lowest BCUT2D eigenvalue weighted by Crippen LogP contribution is -2.25. The number of amides is 2. The summed E-state index contributed by atoms with van der Waals surface area (Å²) in [6.45, 7) is 1.39. The first kappa shape index (κ1) is 16.3. The van der Waals surface area contributed by atoms with Gasteiger partial charge in [-0.05, 0) is 18.2 Å². The van der Waals surface area contributed by atoms with Crippen LogP contribution < -0.4 is 10.6 Å². The molecule has 2 N–H and O–H groups in total. The van der Waals surface area contributed by atoms with Crippen LogP contribution in [0.3, 0.4) is 0 Å². The SMILES string of the molecule is CC(=O)NCCC(=O)Nc1cc(C(F)(F)F)ccc1Cl. The second kappa shape index (κ2) is 6.60. The van der Waals surface area contributed by atoms with Gasteiger partial charge in [-0.3, -0.25) is 9.59 Å². The van der Waals surface area contributed by atoms with E-state index in [-0.39, 0.29) is 29.6 Å². The number of benzene rings is 1. The number of alkyl halides is 3. The Morgan fingerprint density at radius 3 is 2.50 bits per heavy atom. The molecule has 0 aliphatic rings. The van der Waals surface area contributed by atoms with Crippen molar-refractivity contribution in [1.29, 1.82) is 0 Å². The van der Waals surface area contributed by atoms with Crippen LogP contribution in [0.1, 0.15) is 18.9 Å². The van der Waals surface area contributed by atoms with E-state index in [0.717, 1.165) is 18.2 Å². The summed E-state index contributed by atoms with van der Waals surface area (Å²) < 4.78 is 37.6. The van der Waals surface area contributed by atoms with Gasteiger partial charge in [-0.15, -0.1) is 0 Å². The fourth-order valence-corrected chi connectivity index (χ4v) is 1.53. The number of carbonyl (C=O) groups excluding carboxylic acids is 2. The lowest BCUT2D eigenvalue weighted by Gasteiger charge is -2.11. The first-order valence-corrected chi connectivity index (χ1v) is 5.99. The first-order chi connectivity index (χ1) is 9.20. The minimum absolute atomic E-state index is 0.00544. The van der Waals surface area contributed by atoms with Gasteiger partial charge in [-0.1, -0.05) is 11.6 Å². The van der Waals surface area contributed by atoms with E-state index in [0.29, 0.717) is 0 Å². The molecular formula is C12H12ClF3N2O2. The van der Waals surface area contributed by atoms with Gasteiger partial charge in [-0.2, -0.15) is 13.2 Å². The Labute approximate surface area is 118 Å². The van der Waals surface area contributed by atoms with Crippen LogP contribution in [0.5, 0.6) is 0 Å². The predicted octanol–water partition coefficient (Wildman–Crippen LogP) is 2.82. The van der Waals surface area contributed by atoms with Crippen molar-refractivity contribution in [2.45, 2.75) is 19.5 Å². The molecule has 0 aromatic heterocycles. The predicted molar refractivity (Wildman–Crippen MR) is 68.4 cm³/mol. The molecular weight excluding hydrogens is 297 g/mol. The Morgan fingerprint density at radius 1 is 1.30 bits per heavy atom. The average Bonchev–Trinajstić information content (AvgIpc) is 2.30. The van der Waals surface area contributed by atoms with Gasteiger partial charge in [0, 0.05) is 19.9 Å². The van der Waals surface area contributed by atoms with Gasteiger partial charge >= 0.3 is 6.18 Å². The highest BCUT2D eigenvalue weighted by atomic mass is 35.5. The van der Waals surface area contributed by atoms with E-state index in [2.05, 4.69) is 10.6 Å². The maximum atomic E-state index is 12.5. The fraction of sp³-hybridized carbons (Fsp3) is 0.333. The highest BCUT2D eigenvalue weighted by Crippen LogP contribution is 2.33. The van der Waals surface area contributed by atoms with Gasteiger partial charge < -0.3 is 10.6 Å². The van der Waals surface area contributed by atoms with Crippen LogP contribution in [0.2, 0.25) is 5.02 Å². The summed E-state index contributed by atoms with van der Waals surface area (Å²) in [7, 11) is 0. The maximum Gasteiger partial charge on any atom is 0.416 e. The topological polar surface area (TPSA) is 58.2 Å². The van der Waals surface area contributed by atoms with E-state index in [1.807, 2.05) is 0 Å². The molecule has 0 aliphatic heterocycles. The third-order valence-corrected chi connectivity index (χ3v) is 2.62. The lowest BCUT2D eigenvalue weighted by atomic mass is 10.2. The van der Waals surface area contributed by atoms with Crippen molar-refractivity contribution < 1.29 is 22.8 Å². The van der Waals surface area contributed by atoms with Gasteiger partial charge in [0.2, 0.25) is 11.8 Å². The number of rotatable bonds is 4. The summed E-state index contributed by atoms with van der Waals surface area (Å²) >= 11 is 5.72. The van der Waals surface area contributed by atoms with Crippen molar-refractivity contribution in [3.05, 3.63) is 28.8 Å². The Hall–Kier alpha value is -1.76. The van der Waals surface area contributed by atoms with E-state index in [9.17, 15) is 22.8 Å². The molecule has 0 radical (unpaired) electrons. The van der Waals surface area contributed by atoms with E-state index < -0.39 is 17.6 Å². The third kappa shape index (κ3) is 5.08. The second-order valence-corrected chi connectivity index (χ2v) is 4.38. The van der Waals surface area contributed by atoms with Gasteiger partial charge in [0.15, 0.2) is 0 Å². The molecule has 0 saturated heterocycles. The standard InChI is InChI=1S/C12H12ClF3N2O2/c1-7(19)17-5-4-11(20)18-10-6-8(12(14,15)16)2-3-9(10)13/h2-3,6H,4-5H2,1H3,(H,17,19)(H,18,20). The molecule has 20 heavy (non-hydrogen) atoms. The average molecular weight is 309 g/mol. The van der Waals surface area contributed by atoms with E-state index >= 15 is 0 Å². The zero-order chi connectivity index (χ0) is 15.3. The molecule has 1 aromatic carbocycles. The second-order valence-electron chi connectivity index (χ2n) is 3.97. The highest BCUT2D eigenvalue weighted by Gasteiger charge is 2.31. The monoisotopic (exact) mass is 308 g/mol. The molecule has 0 aliphatic carbocycles. The number of nitrogens with one attached hydrogen (secondary N) is 2. The van der Waals surface area contributed by atoms with E-state index in [1.54, 1.807) is 0 Å². The van der Waals surface area contributed by atoms with Crippen molar-refractivity contribution >= 4 is 29.1 Å². The van der Waals surface area contributed by atoms with Gasteiger partial charge in [0.05, 0.1) is 16.3 Å². The molecule has 1 rings (SSSR count). The van der Waals surface area contributed by atoms with Crippen LogP contribution in [0.15, 0.2) is 18.2 Å². The Morgan fingerprint density at radius 2 is 1.95 bits per heavy atom. The number of hydrogen-bond acceptors (Lipinski definition) is 2. The van der Waals surface area contributed by atoms with Crippen LogP contribution in [-0.4, -0.2) is 18.4 Å². The molecule has 110 valence electrons. The smallest absolute Gasteiger partial charge is 0.356 e.